The van der Waals surface area contributed by atoms with E-state index in [1.807, 2.05) is 20.8 Å². The molecule has 0 spiro atoms. The molecular weight excluding hydrogens is 289 g/mol. The van der Waals surface area contributed by atoms with Crippen molar-refractivity contribution in [1.29, 1.82) is 0 Å². The van der Waals surface area contributed by atoms with Gasteiger partial charge in [0, 0.05) is 11.1 Å². The number of rotatable bonds is 7. The van der Waals surface area contributed by atoms with Crippen LogP contribution in [0.3, 0.4) is 0 Å². The number of nitrogens with two attached hydrogens (primary N) is 1. The molecular formula is C16H24FNO2S. The molecule has 1 rings (SSSR count). The molecule has 21 heavy (non-hydrogen) atoms. The molecule has 0 aliphatic rings. The van der Waals surface area contributed by atoms with E-state index in [4.69, 9.17) is 10.5 Å². The molecule has 0 bridgehead atoms. The van der Waals surface area contributed by atoms with Crippen molar-refractivity contribution in [2.75, 3.05) is 12.4 Å². The van der Waals surface area contributed by atoms with Gasteiger partial charge in [-0.1, -0.05) is 18.2 Å². The van der Waals surface area contributed by atoms with E-state index in [9.17, 15) is 9.18 Å². The zero-order valence-corrected chi connectivity index (χ0v) is 13.9. The smallest absolute Gasteiger partial charge is 0.321 e. The molecule has 0 saturated heterocycles. The first kappa shape index (κ1) is 18.0. The van der Waals surface area contributed by atoms with Gasteiger partial charge in [0.2, 0.25) is 0 Å². The van der Waals surface area contributed by atoms with Gasteiger partial charge in [-0.2, -0.15) is 0 Å². The maximum atomic E-state index is 13.8. The van der Waals surface area contributed by atoms with Gasteiger partial charge >= 0.3 is 5.97 Å². The molecule has 5 heteroatoms. The number of ether oxygens (including phenoxy) is 1. The first-order chi connectivity index (χ1) is 9.70. The Kier molecular flexibility index (Phi) is 6.23. The number of esters is 1. The highest BCUT2D eigenvalue weighted by atomic mass is 32.2. The molecule has 2 N–H and O–H groups in total. The zero-order chi connectivity index (χ0) is 16.1. The first-order valence-electron chi connectivity index (χ1n) is 7.06. The minimum absolute atomic E-state index is 0.236. The van der Waals surface area contributed by atoms with E-state index in [0.29, 0.717) is 24.3 Å². The lowest BCUT2D eigenvalue weighted by Gasteiger charge is -2.28. The van der Waals surface area contributed by atoms with Gasteiger partial charge in [0.25, 0.3) is 0 Å². The third kappa shape index (κ3) is 5.00. The van der Waals surface area contributed by atoms with Crippen LogP contribution >= 0.6 is 11.8 Å². The standard InChI is InChI=1S/C16H24FNO2S/c1-5-20-14(19)15(2,3)21-11-10-16(4,18)12-8-6-7-9-13(12)17/h6-9H,5,10-11,18H2,1-4H3. The van der Waals surface area contributed by atoms with Crippen molar-refractivity contribution in [2.45, 2.75) is 44.4 Å². The van der Waals surface area contributed by atoms with Crippen LogP contribution in [0.15, 0.2) is 24.3 Å². The lowest BCUT2D eigenvalue weighted by Crippen LogP contribution is -2.36. The molecule has 1 unspecified atom stereocenters. The second kappa shape index (κ2) is 7.27. The van der Waals surface area contributed by atoms with Gasteiger partial charge in [-0.3, -0.25) is 4.79 Å². The molecule has 0 aliphatic carbocycles. The van der Waals surface area contributed by atoms with Crippen LogP contribution in [0.25, 0.3) is 0 Å². The van der Waals surface area contributed by atoms with E-state index >= 15 is 0 Å². The van der Waals surface area contributed by atoms with Crippen LogP contribution in [-0.2, 0) is 15.1 Å². The monoisotopic (exact) mass is 313 g/mol. The summed E-state index contributed by atoms with van der Waals surface area (Å²) in [5.74, 6) is 0.115. The fourth-order valence-electron chi connectivity index (χ4n) is 1.94. The largest absolute Gasteiger partial charge is 0.465 e. The molecule has 1 aromatic carbocycles. The second-order valence-corrected chi connectivity index (χ2v) is 7.44. The Morgan fingerprint density at radius 1 is 1.33 bits per heavy atom. The molecule has 0 amide bonds. The first-order valence-corrected chi connectivity index (χ1v) is 8.04. The topological polar surface area (TPSA) is 52.3 Å². The average Bonchev–Trinajstić information content (AvgIpc) is 2.38. The normalized spacial score (nSPS) is 14.6. The maximum Gasteiger partial charge on any atom is 0.321 e. The SMILES string of the molecule is CCOC(=O)C(C)(C)SCCC(C)(N)c1ccccc1F. The van der Waals surface area contributed by atoms with Crippen LogP contribution < -0.4 is 5.73 Å². The number of carbonyl (C=O) groups excluding carboxylic acids is 1. The Morgan fingerprint density at radius 3 is 2.52 bits per heavy atom. The number of benzene rings is 1. The summed E-state index contributed by atoms with van der Waals surface area (Å²) < 4.78 is 18.2. The van der Waals surface area contributed by atoms with E-state index < -0.39 is 10.3 Å². The number of hydrogen-bond donors (Lipinski definition) is 1. The predicted molar refractivity (Wildman–Crippen MR) is 85.7 cm³/mol. The summed E-state index contributed by atoms with van der Waals surface area (Å²) in [4.78, 5) is 11.8. The number of carbonyl (C=O) groups is 1. The Morgan fingerprint density at radius 2 is 1.95 bits per heavy atom. The molecule has 3 nitrogen and oxygen atoms in total. The lowest BCUT2D eigenvalue weighted by atomic mass is 9.90. The second-order valence-electron chi connectivity index (χ2n) is 5.73. The third-order valence-electron chi connectivity index (χ3n) is 3.34. The lowest BCUT2D eigenvalue weighted by molar-refractivity contribution is -0.145. The highest BCUT2D eigenvalue weighted by Crippen LogP contribution is 2.31. The van der Waals surface area contributed by atoms with Gasteiger partial charge in [-0.25, -0.2) is 4.39 Å². The molecule has 0 saturated carbocycles. The van der Waals surface area contributed by atoms with E-state index in [0.717, 1.165) is 0 Å². The number of halogens is 1. The van der Waals surface area contributed by atoms with Crippen LogP contribution in [0.4, 0.5) is 4.39 Å². The van der Waals surface area contributed by atoms with Crippen molar-refractivity contribution in [3.05, 3.63) is 35.6 Å². The Labute approximate surface area is 130 Å². The van der Waals surface area contributed by atoms with E-state index in [2.05, 4.69) is 0 Å². The van der Waals surface area contributed by atoms with Crippen LogP contribution in [-0.4, -0.2) is 23.1 Å². The van der Waals surface area contributed by atoms with Gasteiger partial charge in [0.1, 0.15) is 10.6 Å². The quantitative estimate of drug-likeness (QED) is 0.783. The molecule has 1 aromatic rings. The summed E-state index contributed by atoms with van der Waals surface area (Å²) in [6.45, 7) is 7.61. The van der Waals surface area contributed by atoms with Crippen molar-refractivity contribution in [3.63, 3.8) is 0 Å². The molecule has 0 radical (unpaired) electrons. The third-order valence-corrected chi connectivity index (χ3v) is 4.64. The molecule has 118 valence electrons. The van der Waals surface area contributed by atoms with Gasteiger partial charge in [0.15, 0.2) is 0 Å². The Balaban J connectivity index is 2.62. The summed E-state index contributed by atoms with van der Waals surface area (Å²) in [7, 11) is 0. The Bertz CT molecular complexity index is 489. The summed E-state index contributed by atoms with van der Waals surface area (Å²) in [5.41, 5.74) is 5.97. The van der Waals surface area contributed by atoms with Crippen LogP contribution in [0.1, 0.15) is 39.7 Å². The minimum atomic E-state index is -0.761. The summed E-state index contributed by atoms with van der Waals surface area (Å²) in [6.07, 6.45) is 0.571. The zero-order valence-electron chi connectivity index (χ0n) is 13.1. The van der Waals surface area contributed by atoms with E-state index in [1.54, 1.807) is 25.1 Å². The van der Waals surface area contributed by atoms with Crippen molar-refractivity contribution in [2.24, 2.45) is 5.73 Å². The fourth-order valence-corrected chi connectivity index (χ4v) is 3.15. The van der Waals surface area contributed by atoms with Gasteiger partial charge in [-0.05, 0) is 45.9 Å². The molecule has 0 heterocycles. The van der Waals surface area contributed by atoms with Gasteiger partial charge in [-0.15, -0.1) is 11.8 Å². The van der Waals surface area contributed by atoms with Crippen molar-refractivity contribution < 1.29 is 13.9 Å². The Hall–Kier alpha value is -1.07. The maximum absolute atomic E-state index is 13.8. The van der Waals surface area contributed by atoms with Gasteiger partial charge < -0.3 is 10.5 Å². The minimum Gasteiger partial charge on any atom is -0.465 e. The van der Waals surface area contributed by atoms with Crippen molar-refractivity contribution in [1.82, 2.24) is 0 Å². The average molecular weight is 313 g/mol. The number of thioether (sulfide) groups is 1. The summed E-state index contributed by atoms with van der Waals surface area (Å²) in [5, 5.41) is 0. The summed E-state index contributed by atoms with van der Waals surface area (Å²) >= 11 is 1.48. The molecule has 0 aliphatic heterocycles. The predicted octanol–water partition coefficient (Wildman–Crippen LogP) is 3.46. The molecule has 0 aromatic heterocycles. The number of hydrogen-bond acceptors (Lipinski definition) is 4. The highest BCUT2D eigenvalue weighted by Gasteiger charge is 2.31. The highest BCUT2D eigenvalue weighted by molar-refractivity contribution is 8.01. The fraction of sp³-hybridized carbons (Fsp3) is 0.562. The van der Waals surface area contributed by atoms with E-state index in [-0.39, 0.29) is 11.8 Å². The van der Waals surface area contributed by atoms with E-state index in [1.165, 1.54) is 17.8 Å². The van der Waals surface area contributed by atoms with Crippen LogP contribution in [0.2, 0.25) is 0 Å². The van der Waals surface area contributed by atoms with Crippen molar-refractivity contribution in [3.8, 4) is 0 Å². The summed E-state index contributed by atoms with van der Waals surface area (Å²) in [6, 6.07) is 6.54. The molecule has 0 fully saturated rings. The van der Waals surface area contributed by atoms with Crippen molar-refractivity contribution >= 4 is 17.7 Å². The molecule has 1 atom stereocenters. The van der Waals surface area contributed by atoms with Crippen LogP contribution in [0, 0.1) is 5.82 Å². The van der Waals surface area contributed by atoms with Crippen LogP contribution in [0.5, 0.6) is 0 Å². The van der Waals surface area contributed by atoms with Gasteiger partial charge in [0.05, 0.1) is 6.61 Å².